The zero-order valence-corrected chi connectivity index (χ0v) is 18.1. The van der Waals surface area contributed by atoms with Crippen LogP contribution in [-0.4, -0.2) is 40.4 Å². The van der Waals surface area contributed by atoms with Crippen LogP contribution < -0.4 is 5.32 Å². The Hall–Kier alpha value is -3.22. The van der Waals surface area contributed by atoms with Crippen molar-refractivity contribution >= 4 is 23.6 Å². The number of amides is 1. The molecular weight excluding hydrogens is 398 g/mol. The van der Waals surface area contributed by atoms with Gasteiger partial charge < -0.3 is 15.2 Å². The summed E-state index contributed by atoms with van der Waals surface area (Å²) in [5, 5.41) is 11.4. The van der Waals surface area contributed by atoms with Crippen LogP contribution in [0.25, 0.3) is 0 Å². The van der Waals surface area contributed by atoms with E-state index in [2.05, 4.69) is 5.32 Å². The minimum Gasteiger partial charge on any atom is -0.481 e. The Morgan fingerprint density at radius 1 is 1.10 bits per heavy atom. The van der Waals surface area contributed by atoms with Crippen molar-refractivity contribution in [3.63, 3.8) is 0 Å². The van der Waals surface area contributed by atoms with E-state index < -0.39 is 29.5 Å². The Balaban J connectivity index is 2.12. The lowest BCUT2D eigenvalue weighted by Gasteiger charge is -2.24. The van der Waals surface area contributed by atoms with Crippen LogP contribution in [-0.2, 0) is 25.5 Å². The fourth-order valence-corrected chi connectivity index (χ4v) is 3.17. The number of hydrogen-bond donors (Lipinski definition) is 2. The molecule has 1 atom stereocenters. The molecule has 0 radical (unpaired) electrons. The fourth-order valence-electron chi connectivity index (χ4n) is 3.17. The molecule has 1 aromatic rings. The predicted molar refractivity (Wildman–Crippen MR) is 116 cm³/mol. The molecule has 1 aliphatic carbocycles. The topological polar surface area (TPSA) is 110 Å². The molecule has 0 fully saturated rings. The summed E-state index contributed by atoms with van der Waals surface area (Å²) >= 11 is 0. The van der Waals surface area contributed by atoms with Gasteiger partial charge in [-0.1, -0.05) is 48.1 Å². The van der Waals surface area contributed by atoms with Crippen molar-refractivity contribution in [1.82, 2.24) is 5.32 Å². The van der Waals surface area contributed by atoms with E-state index in [-0.39, 0.29) is 31.5 Å². The number of carbonyl (C=O) groups is 4. The molecule has 7 heteroatoms. The third kappa shape index (κ3) is 8.58. The second-order valence-electron chi connectivity index (χ2n) is 8.54. The van der Waals surface area contributed by atoms with Gasteiger partial charge >= 0.3 is 12.1 Å². The van der Waals surface area contributed by atoms with Gasteiger partial charge in [0.25, 0.3) is 0 Å². The third-order valence-electron chi connectivity index (χ3n) is 4.63. The lowest BCUT2D eigenvalue weighted by molar-refractivity contribution is -0.138. The number of carboxylic acid groups (broad SMARTS) is 1. The number of nitrogens with one attached hydrogen (secondary N) is 1. The van der Waals surface area contributed by atoms with Crippen molar-refractivity contribution in [2.45, 2.75) is 64.5 Å². The Morgan fingerprint density at radius 2 is 1.77 bits per heavy atom. The molecule has 0 spiro atoms. The number of ketones is 2. The fraction of sp³-hybridized carbons (Fsp3) is 0.417. The van der Waals surface area contributed by atoms with Crippen molar-refractivity contribution in [2.24, 2.45) is 0 Å². The number of Topliss-reactive ketones (excluding diaryl/α,β-unsaturated/α-hetero) is 2. The molecule has 0 heterocycles. The zero-order chi connectivity index (χ0) is 23.0. The molecule has 0 unspecified atom stereocenters. The van der Waals surface area contributed by atoms with Crippen LogP contribution in [0.5, 0.6) is 0 Å². The molecular formula is C24H29NO6. The number of hydrogen-bond acceptors (Lipinski definition) is 5. The maximum Gasteiger partial charge on any atom is 0.408 e. The standard InChI is InChI=1S/C24H29NO6/c1-24(2,3)31-23(30)25-19(20(26)11-12-22(28)29)15-18-10-9-17(14-21(18)27)13-16-7-5-4-6-8-16/h4-10,19H,11-15H2,1-3H3,(H,25,30)(H,28,29)/t19-/m0/s1. The van der Waals surface area contributed by atoms with E-state index in [1.54, 1.807) is 26.8 Å². The second-order valence-corrected chi connectivity index (χ2v) is 8.54. The highest BCUT2D eigenvalue weighted by Crippen LogP contribution is 2.23. The number of ether oxygens (including phenoxy) is 1. The normalized spacial score (nSPS) is 14.9. The van der Waals surface area contributed by atoms with Gasteiger partial charge in [-0.2, -0.15) is 0 Å². The van der Waals surface area contributed by atoms with Gasteiger partial charge in [0.2, 0.25) is 0 Å². The average Bonchev–Trinajstić information content (AvgIpc) is 2.66. The van der Waals surface area contributed by atoms with E-state index in [0.717, 1.165) is 11.1 Å². The number of rotatable bonds is 9. The monoisotopic (exact) mass is 427 g/mol. The van der Waals surface area contributed by atoms with Crippen LogP contribution in [0, 0.1) is 0 Å². The van der Waals surface area contributed by atoms with Gasteiger partial charge in [0.15, 0.2) is 11.6 Å². The number of alkyl carbamates (subject to hydrolysis) is 1. The molecule has 0 aliphatic heterocycles. The zero-order valence-electron chi connectivity index (χ0n) is 18.1. The highest BCUT2D eigenvalue weighted by molar-refractivity contribution is 6.00. The van der Waals surface area contributed by atoms with E-state index in [1.165, 1.54) is 0 Å². The van der Waals surface area contributed by atoms with Crippen LogP contribution in [0.2, 0.25) is 0 Å². The van der Waals surface area contributed by atoms with Gasteiger partial charge in [0, 0.05) is 19.3 Å². The maximum atomic E-state index is 12.7. The minimum absolute atomic E-state index is 0.00829. The maximum absolute atomic E-state index is 12.7. The van der Waals surface area contributed by atoms with Crippen LogP contribution in [0.3, 0.4) is 0 Å². The van der Waals surface area contributed by atoms with Gasteiger partial charge in [0.05, 0.1) is 12.5 Å². The molecule has 7 nitrogen and oxygen atoms in total. The van der Waals surface area contributed by atoms with E-state index >= 15 is 0 Å². The molecule has 1 aliphatic rings. The molecule has 0 aromatic heterocycles. The molecule has 0 bridgehead atoms. The first-order chi connectivity index (χ1) is 14.5. The minimum atomic E-state index is -1.11. The van der Waals surface area contributed by atoms with E-state index in [4.69, 9.17) is 9.84 Å². The summed E-state index contributed by atoms with van der Waals surface area (Å²) in [4.78, 5) is 48.2. The van der Waals surface area contributed by atoms with Crippen molar-refractivity contribution in [3.8, 4) is 0 Å². The average molecular weight is 427 g/mol. The largest absolute Gasteiger partial charge is 0.481 e. The number of allylic oxidation sites excluding steroid dienone is 3. The summed E-state index contributed by atoms with van der Waals surface area (Å²) in [5.41, 5.74) is 1.73. The first-order valence-corrected chi connectivity index (χ1v) is 10.2. The Kier molecular flexibility index (Phi) is 8.30. The SMILES string of the molecule is CC(C)(C)OC(=O)N[C@@H](CC1=CC=C(Cc2ccccc2)CC1=O)C(=O)CCC(=O)O. The summed E-state index contributed by atoms with van der Waals surface area (Å²) < 4.78 is 5.21. The molecule has 2 N–H and O–H groups in total. The molecule has 0 saturated carbocycles. The van der Waals surface area contributed by atoms with Crippen molar-refractivity contribution in [1.29, 1.82) is 0 Å². The number of carbonyl (C=O) groups excluding carboxylic acids is 3. The van der Waals surface area contributed by atoms with E-state index in [1.807, 2.05) is 36.4 Å². The van der Waals surface area contributed by atoms with Gasteiger partial charge in [-0.3, -0.25) is 14.4 Å². The number of aliphatic carboxylic acids is 1. The highest BCUT2D eigenvalue weighted by atomic mass is 16.6. The summed E-state index contributed by atoms with van der Waals surface area (Å²) in [6.45, 7) is 5.08. The Bertz CT molecular complexity index is 892. The molecule has 31 heavy (non-hydrogen) atoms. The molecule has 2 rings (SSSR count). The van der Waals surface area contributed by atoms with Crippen molar-refractivity contribution in [3.05, 3.63) is 59.2 Å². The molecule has 0 saturated heterocycles. The van der Waals surface area contributed by atoms with Crippen LogP contribution >= 0.6 is 0 Å². The first kappa shape index (κ1) is 24.1. The van der Waals surface area contributed by atoms with E-state index in [9.17, 15) is 19.2 Å². The van der Waals surface area contributed by atoms with Crippen molar-refractivity contribution in [2.75, 3.05) is 0 Å². The third-order valence-corrected chi connectivity index (χ3v) is 4.63. The first-order valence-electron chi connectivity index (χ1n) is 10.2. The van der Waals surface area contributed by atoms with Crippen LogP contribution in [0.4, 0.5) is 4.79 Å². The lowest BCUT2D eigenvalue weighted by Crippen LogP contribution is -2.44. The quantitative estimate of drug-likeness (QED) is 0.621. The van der Waals surface area contributed by atoms with Crippen molar-refractivity contribution < 1.29 is 29.0 Å². The van der Waals surface area contributed by atoms with Gasteiger partial charge in [0.1, 0.15) is 5.60 Å². The Morgan fingerprint density at radius 3 is 2.35 bits per heavy atom. The lowest BCUT2D eigenvalue weighted by atomic mass is 9.88. The van der Waals surface area contributed by atoms with Gasteiger partial charge in [-0.25, -0.2) is 4.79 Å². The highest BCUT2D eigenvalue weighted by Gasteiger charge is 2.28. The molecule has 1 amide bonds. The molecule has 166 valence electrons. The van der Waals surface area contributed by atoms with Crippen LogP contribution in [0.1, 0.15) is 52.0 Å². The Labute approximate surface area is 182 Å². The van der Waals surface area contributed by atoms with Crippen LogP contribution in [0.15, 0.2) is 53.6 Å². The number of carboxylic acids is 1. The van der Waals surface area contributed by atoms with Gasteiger partial charge in [-0.05, 0) is 38.3 Å². The summed E-state index contributed by atoms with van der Waals surface area (Å²) in [6, 6.07) is 8.77. The predicted octanol–water partition coefficient (Wildman–Crippen LogP) is 3.77. The molecule has 1 aromatic carbocycles. The summed E-state index contributed by atoms with van der Waals surface area (Å²) in [6.07, 6.45) is 3.06. The summed E-state index contributed by atoms with van der Waals surface area (Å²) in [7, 11) is 0. The van der Waals surface area contributed by atoms with E-state index in [0.29, 0.717) is 12.0 Å². The smallest absolute Gasteiger partial charge is 0.408 e. The number of benzene rings is 1. The summed E-state index contributed by atoms with van der Waals surface area (Å²) in [5.74, 6) is -1.68. The second kappa shape index (κ2) is 10.7. The van der Waals surface area contributed by atoms with Gasteiger partial charge in [-0.15, -0.1) is 0 Å².